The quantitative estimate of drug-likeness (QED) is 0.705. The Kier molecular flexibility index (Phi) is 6.64. The fourth-order valence-corrected chi connectivity index (χ4v) is 2.45. The van der Waals surface area contributed by atoms with E-state index in [0.29, 0.717) is 18.7 Å². The van der Waals surface area contributed by atoms with E-state index in [-0.39, 0.29) is 12.3 Å². The number of carbonyl (C=O) groups excluding carboxylic acids is 1. The Labute approximate surface area is 148 Å². The topological polar surface area (TPSA) is 57.0 Å². The summed E-state index contributed by atoms with van der Waals surface area (Å²) < 4.78 is 14.5. The first kappa shape index (κ1) is 17.8. The number of pyridine rings is 1. The Morgan fingerprint density at radius 3 is 2.96 bits per heavy atom. The van der Waals surface area contributed by atoms with Gasteiger partial charge in [-0.2, -0.15) is 5.26 Å². The number of nitriles is 1. The van der Waals surface area contributed by atoms with Crippen LogP contribution in [0.4, 0.5) is 4.39 Å². The Bertz CT molecular complexity index is 772. The van der Waals surface area contributed by atoms with E-state index in [2.05, 4.69) is 20.9 Å². The molecule has 0 bridgehead atoms. The van der Waals surface area contributed by atoms with Crippen LogP contribution < -0.4 is 0 Å². The molecule has 0 aliphatic rings. The van der Waals surface area contributed by atoms with E-state index in [0.717, 1.165) is 10.0 Å². The molecule has 0 saturated heterocycles. The molecule has 0 unspecified atom stereocenters. The van der Waals surface area contributed by atoms with Gasteiger partial charge >= 0.3 is 0 Å². The van der Waals surface area contributed by atoms with Crippen molar-refractivity contribution in [3.63, 3.8) is 0 Å². The highest BCUT2D eigenvalue weighted by atomic mass is 79.9. The van der Waals surface area contributed by atoms with Gasteiger partial charge in [-0.25, -0.2) is 4.39 Å². The maximum Gasteiger partial charge on any atom is 0.246 e. The highest BCUT2D eigenvalue weighted by molar-refractivity contribution is 9.10. The van der Waals surface area contributed by atoms with Crippen molar-refractivity contribution < 1.29 is 9.18 Å². The maximum absolute atomic E-state index is 13.7. The van der Waals surface area contributed by atoms with Crippen LogP contribution in [-0.4, -0.2) is 22.3 Å². The van der Waals surface area contributed by atoms with Crippen LogP contribution in [0.3, 0.4) is 0 Å². The largest absolute Gasteiger partial charge is 0.334 e. The number of hydrogen-bond acceptors (Lipinski definition) is 3. The number of amides is 1. The molecule has 0 N–H and O–H groups in total. The molecule has 0 fully saturated rings. The maximum atomic E-state index is 13.7. The van der Waals surface area contributed by atoms with Crippen molar-refractivity contribution in [2.75, 3.05) is 6.54 Å². The minimum atomic E-state index is -0.405. The fraction of sp³-hybridized carbons (Fsp3) is 0.167. The van der Waals surface area contributed by atoms with Crippen molar-refractivity contribution >= 4 is 27.9 Å². The van der Waals surface area contributed by atoms with E-state index >= 15 is 0 Å². The van der Waals surface area contributed by atoms with Gasteiger partial charge in [0.2, 0.25) is 5.91 Å². The molecule has 1 aromatic carbocycles. The summed E-state index contributed by atoms with van der Waals surface area (Å²) in [6.45, 7) is 0.648. The summed E-state index contributed by atoms with van der Waals surface area (Å²) in [7, 11) is 0. The molecule has 6 heteroatoms. The van der Waals surface area contributed by atoms with Gasteiger partial charge in [0.15, 0.2) is 0 Å². The first-order chi connectivity index (χ1) is 11.6. The Balaban J connectivity index is 2.13. The normalized spacial score (nSPS) is 10.5. The van der Waals surface area contributed by atoms with Gasteiger partial charge in [0.05, 0.1) is 12.5 Å². The smallest absolute Gasteiger partial charge is 0.246 e. The van der Waals surface area contributed by atoms with Gasteiger partial charge in [-0.05, 0) is 35.9 Å². The van der Waals surface area contributed by atoms with Crippen LogP contribution in [0.15, 0.2) is 53.3 Å². The van der Waals surface area contributed by atoms with Crippen molar-refractivity contribution in [1.82, 2.24) is 9.88 Å². The van der Waals surface area contributed by atoms with E-state index in [9.17, 15) is 9.18 Å². The number of hydrogen-bond donors (Lipinski definition) is 0. The molecule has 24 heavy (non-hydrogen) atoms. The third kappa shape index (κ3) is 5.28. The predicted molar refractivity (Wildman–Crippen MR) is 93.0 cm³/mol. The second-order valence-corrected chi connectivity index (χ2v) is 5.94. The number of aromatic nitrogens is 1. The molecule has 0 spiro atoms. The van der Waals surface area contributed by atoms with Gasteiger partial charge in [-0.15, -0.1) is 0 Å². The second-order valence-electron chi connectivity index (χ2n) is 5.03. The number of benzene rings is 1. The molecule has 2 rings (SSSR count). The first-order valence-corrected chi connectivity index (χ1v) is 8.07. The monoisotopic (exact) mass is 387 g/mol. The summed E-state index contributed by atoms with van der Waals surface area (Å²) in [5.41, 5.74) is 1.19. The highest BCUT2D eigenvalue weighted by Crippen LogP contribution is 2.17. The standard InChI is InChI=1S/C18H15BrFN3O/c19-16-5-6-17(20)15(11-16)4-7-18(24)23(10-2-8-21)13-14-3-1-9-22-12-14/h1,3-7,9,11-12H,2,10,13H2. The van der Waals surface area contributed by atoms with E-state index in [1.165, 1.54) is 23.1 Å². The molecule has 0 saturated carbocycles. The molecule has 2 aromatic rings. The van der Waals surface area contributed by atoms with Crippen molar-refractivity contribution in [2.24, 2.45) is 0 Å². The molecule has 0 aliphatic heterocycles. The molecular formula is C18H15BrFN3O. The molecule has 1 heterocycles. The van der Waals surface area contributed by atoms with Crippen LogP contribution in [0.1, 0.15) is 17.5 Å². The Morgan fingerprint density at radius 2 is 2.25 bits per heavy atom. The molecule has 0 radical (unpaired) electrons. The van der Waals surface area contributed by atoms with Crippen LogP contribution in [0, 0.1) is 17.1 Å². The van der Waals surface area contributed by atoms with Gasteiger partial charge < -0.3 is 4.90 Å². The van der Waals surface area contributed by atoms with Crippen LogP contribution in [0.5, 0.6) is 0 Å². The number of halogens is 2. The van der Waals surface area contributed by atoms with E-state index < -0.39 is 5.82 Å². The minimum Gasteiger partial charge on any atom is -0.334 e. The van der Waals surface area contributed by atoms with Crippen molar-refractivity contribution in [3.05, 3.63) is 70.2 Å². The summed E-state index contributed by atoms with van der Waals surface area (Å²) in [6, 6.07) is 10.2. The molecule has 0 atom stereocenters. The molecule has 1 amide bonds. The summed E-state index contributed by atoms with van der Waals surface area (Å²) in [5.74, 6) is -0.688. The van der Waals surface area contributed by atoms with Gasteiger partial charge in [0.1, 0.15) is 5.82 Å². The summed E-state index contributed by atoms with van der Waals surface area (Å²) >= 11 is 3.27. The predicted octanol–water partition coefficient (Wildman–Crippen LogP) is 3.94. The minimum absolute atomic E-state index is 0.227. The molecule has 1 aromatic heterocycles. The van der Waals surface area contributed by atoms with Crippen LogP contribution in [0.2, 0.25) is 0 Å². The summed E-state index contributed by atoms with van der Waals surface area (Å²) in [5, 5.41) is 8.76. The lowest BCUT2D eigenvalue weighted by Crippen LogP contribution is -2.29. The highest BCUT2D eigenvalue weighted by Gasteiger charge is 2.11. The van der Waals surface area contributed by atoms with Crippen LogP contribution in [0.25, 0.3) is 6.08 Å². The Hall–Kier alpha value is -2.52. The zero-order chi connectivity index (χ0) is 17.4. The average molecular weight is 388 g/mol. The average Bonchev–Trinajstić information content (AvgIpc) is 2.60. The van der Waals surface area contributed by atoms with E-state index in [4.69, 9.17) is 5.26 Å². The van der Waals surface area contributed by atoms with Crippen LogP contribution >= 0.6 is 15.9 Å². The van der Waals surface area contributed by atoms with Crippen LogP contribution in [-0.2, 0) is 11.3 Å². The van der Waals surface area contributed by atoms with Gasteiger partial charge in [0, 0.05) is 41.6 Å². The lowest BCUT2D eigenvalue weighted by Gasteiger charge is -2.19. The molecular weight excluding hydrogens is 373 g/mol. The molecule has 122 valence electrons. The Morgan fingerprint density at radius 1 is 1.42 bits per heavy atom. The van der Waals surface area contributed by atoms with Crippen molar-refractivity contribution in [2.45, 2.75) is 13.0 Å². The fourth-order valence-electron chi connectivity index (χ4n) is 2.07. The zero-order valence-corrected chi connectivity index (χ0v) is 14.4. The number of carbonyl (C=O) groups is 1. The first-order valence-electron chi connectivity index (χ1n) is 7.28. The third-order valence-electron chi connectivity index (χ3n) is 3.26. The SMILES string of the molecule is N#CCCN(Cc1cccnc1)C(=O)C=Cc1cc(Br)ccc1F. The van der Waals surface area contributed by atoms with Gasteiger partial charge in [-0.1, -0.05) is 22.0 Å². The third-order valence-corrected chi connectivity index (χ3v) is 3.76. The summed E-state index contributed by atoms with van der Waals surface area (Å²) in [6.07, 6.45) is 6.31. The van der Waals surface area contributed by atoms with E-state index in [1.54, 1.807) is 30.6 Å². The summed E-state index contributed by atoms with van der Waals surface area (Å²) in [4.78, 5) is 17.9. The molecule has 0 aliphatic carbocycles. The lowest BCUT2D eigenvalue weighted by molar-refractivity contribution is -0.126. The van der Waals surface area contributed by atoms with Crippen molar-refractivity contribution in [3.8, 4) is 6.07 Å². The van der Waals surface area contributed by atoms with Crippen molar-refractivity contribution in [1.29, 1.82) is 5.26 Å². The zero-order valence-electron chi connectivity index (χ0n) is 12.8. The van der Waals surface area contributed by atoms with E-state index in [1.807, 2.05) is 12.1 Å². The second kappa shape index (κ2) is 8.94. The lowest BCUT2D eigenvalue weighted by atomic mass is 10.2. The van der Waals surface area contributed by atoms with Gasteiger partial charge in [-0.3, -0.25) is 9.78 Å². The number of rotatable bonds is 6. The van der Waals surface area contributed by atoms with Gasteiger partial charge in [0.25, 0.3) is 0 Å². The molecule has 4 nitrogen and oxygen atoms in total. The number of nitrogens with zero attached hydrogens (tertiary/aromatic N) is 3.